The highest BCUT2D eigenvalue weighted by Gasteiger charge is 2.38. The van der Waals surface area contributed by atoms with Gasteiger partial charge in [-0.15, -0.1) is 17.0 Å². The van der Waals surface area contributed by atoms with Crippen molar-refractivity contribution in [1.29, 1.82) is 0 Å². The summed E-state index contributed by atoms with van der Waals surface area (Å²) in [6.07, 6.45) is 2.91. The van der Waals surface area contributed by atoms with E-state index in [-0.39, 0.29) is 28.7 Å². The maximum absolute atomic E-state index is 10.7. The van der Waals surface area contributed by atoms with Gasteiger partial charge in [-0.25, -0.2) is 0 Å². The zero-order valence-corrected chi connectivity index (χ0v) is 12.0. The number of rotatable bonds is 2. The van der Waals surface area contributed by atoms with Crippen LogP contribution in [0.3, 0.4) is 0 Å². The van der Waals surface area contributed by atoms with E-state index in [1.54, 1.807) is 4.90 Å². The number of nitrogens with zero attached hydrogens (tertiary/aromatic N) is 3. The first-order chi connectivity index (χ1) is 7.15. The van der Waals surface area contributed by atoms with Crippen molar-refractivity contribution in [2.24, 2.45) is 4.99 Å². The number of allylic oxidation sites excluding steroid dienone is 2. The van der Waals surface area contributed by atoms with Crippen LogP contribution in [0.15, 0.2) is 28.0 Å². The molecule has 0 aromatic rings. The third-order valence-corrected chi connectivity index (χ3v) is 3.31. The normalized spacial score (nSPS) is 22.8. The second-order valence-electron chi connectivity index (χ2n) is 3.14. The van der Waals surface area contributed by atoms with Gasteiger partial charge in [0, 0.05) is 11.4 Å². The molecule has 0 fully saturated rings. The van der Waals surface area contributed by atoms with Crippen molar-refractivity contribution >= 4 is 50.3 Å². The molecule has 2 aliphatic heterocycles. The van der Waals surface area contributed by atoms with Crippen molar-refractivity contribution in [3.05, 3.63) is 33.1 Å². The van der Waals surface area contributed by atoms with Gasteiger partial charge in [-0.2, -0.15) is 0 Å². The topological polar surface area (TPSA) is 58.7 Å². The van der Waals surface area contributed by atoms with Gasteiger partial charge in [0.25, 0.3) is 0 Å². The molecule has 0 aliphatic carbocycles. The van der Waals surface area contributed by atoms with Gasteiger partial charge in [0.15, 0.2) is 0 Å². The van der Waals surface area contributed by atoms with Crippen LogP contribution in [-0.2, 0) is 0 Å². The monoisotopic (exact) mass is 371 g/mol. The standard InChI is InChI=1S/C8H7BrClN3O2.BrH/c9-3-5-4-11-8-6(13(14)15)1-2-7(10)12(5)8;/h1-2,5H,3-4H2;1H. The zero-order valence-electron chi connectivity index (χ0n) is 7.97. The lowest BCUT2D eigenvalue weighted by Crippen LogP contribution is -2.38. The number of nitro groups is 1. The quantitative estimate of drug-likeness (QED) is 0.323. The lowest BCUT2D eigenvalue weighted by Gasteiger charge is -2.26. The minimum absolute atomic E-state index is 0. The van der Waals surface area contributed by atoms with Crippen LogP contribution in [0.4, 0.5) is 0 Å². The second-order valence-corrected chi connectivity index (χ2v) is 4.18. The Morgan fingerprint density at radius 1 is 1.69 bits per heavy atom. The van der Waals surface area contributed by atoms with E-state index in [9.17, 15) is 10.1 Å². The molecule has 5 nitrogen and oxygen atoms in total. The summed E-state index contributed by atoms with van der Waals surface area (Å²) >= 11 is 9.31. The molecule has 0 N–H and O–H groups in total. The molecule has 2 rings (SSSR count). The van der Waals surface area contributed by atoms with E-state index in [0.717, 1.165) is 0 Å². The van der Waals surface area contributed by atoms with E-state index >= 15 is 0 Å². The fraction of sp³-hybridized carbons (Fsp3) is 0.375. The number of halogens is 3. The van der Waals surface area contributed by atoms with Gasteiger partial charge in [-0.3, -0.25) is 15.1 Å². The van der Waals surface area contributed by atoms with Gasteiger partial charge < -0.3 is 4.90 Å². The highest BCUT2D eigenvalue weighted by atomic mass is 79.9. The van der Waals surface area contributed by atoms with Crippen molar-refractivity contribution in [3.63, 3.8) is 0 Å². The lowest BCUT2D eigenvalue weighted by molar-refractivity contribution is -0.416. The maximum atomic E-state index is 10.7. The van der Waals surface area contributed by atoms with Crippen molar-refractivity contribution in [1.82, 2.24) is 4.90 Å². The molecule has 2 aliphatic rings. The minimum Gasteiger partial charge on any atom is -0.306 e. The fourth-order valence-electron chi connectivity index (χ4n) is 1.57. The Kier molecular flexibility index (Phi) is 4.52. The van der Waals surface area contributed by atoms with E-state index in [1.807, 2.05) is 0 Å². The molecule has 0 radical (unpaired) electrons. The number of hydrogen-bond donors (Lipinski definition) is 0. The molecule has 0 aromatic heterocycles. The fourth-order valence-corrected chi connectivity index (χ4v) is 2.34. The summed E-state index contributed by atoms with van der Waals surface area (Å²) in [5.74, 6) is 0.358. The predicted molar refractivity (Wildman–Crippen MR) is 71.1 cm³/mol. The Hall–Kier alpha value is -0.400. The second kappa shape index (κ2) is 5.29. The van der Waals surface area contributed by atoms with Crippen LogP contribution < -0.4 is 0 Å². The van der Waals surface area contributed by atoms with Crippen LogP contribution >= 0.6 is 44.5 Å². The Morgan fingerprint density at radius 3 is 2.94 bits per heavy atom. The summed E-state index contributed by atoms with van der Waals surface area (Å²) in [6.45, 7) is 0.524. The number of amidine groups is 1. The van der Waals surface area contributed by atoms with E-state index in [0.29, 0.717) is 22.9 Å². The molecule has 88 valence electrons. The van der Waals surface area contributed by atoms with Gasteiger partial charge >= 0.3 is 5.70 Å². The Labute approximate surface area is 116 Å². The third-order valence-electron chi connectivity index (χ3n) is 2.26. The van der Waals surface area contributed by atoms with Crippen LogP contribution in [0.25, 0.3) is 0 Å². The van der Waals surface area contributed by atoms with Gasteiger partial charge in [0.1, 0.15) is 5.16 Å². The van der Waals surface area contributed by atoms with Crippen LogP contribution in [0, 0.1) is 10.1 Å². The lowest BCUT2D eigenvalue weighted by atomic mass is 10.2. The first kappa shape index (κ1) is 13.7. The molecular weight excluding hydrogens is 365 g/mol. The molecular formula is C8H8Br2ClN3O2. The molecule has 1 unspecified atom stereocenters. The molecule has 2 heterocycles. The molecule has 0 aromatic carbocycles. The molecule has 0 saturated heterocycles. The SMILES string of the molecule is Br.O=[N+]([O-])C1=CC=C(Cl)N2C1=NCC2CBr. The van der Waals surface area contributed by atoms with Crippen molar-refractivity contribution in [2.45, 2.75) is 6.04 Å². The van der Waals surface area contributed by atoms with Crippen LogP contribution in [0.5, 0.6) is 0 Å². The molecule has 0 amide bonds. The molecule has 1 atom stereocenters. The van der Waals surface area contributed by atoms with E-state index in [2.05, 4.69) is 20.9 Å². The average Bonchev–Trinajstić information content (AvgIpc) is 2.62. The van der Waals surface area contributed by atoms with E-state index in [4.69, 9.17) is 11.6 Å². The number of hydrogen-bond acceptors (Lipinski definition) is 4. The van der Waals surface area contributed by atoms with Gasteiger partial charge in [-0.05, 0) is 6.08 Å². The molecule has 0 bridgehead atoms. The van der Waals surface area contributed by atoms with Gasteiger partial charge in [0.2, 0.25) is 5.84 Å². The Morgan fingerprint density at radius 2 is 2.38 bits per heavy atom. The summed E-state index contributed by atoms with van der Waals surface area (Å²) in [5.41, 5.74) is 0.00264. The highest BCUT2D eigenvalue weighted by molar-refractivity contribution is 9.09. The summed E-state index contributed by atoms with van der Waals surface area (Å²) < 4.78 is 0. The molecule has 0 spiro atoms. The highest BCUT2D eigenvalue weighted by Crippen LogP contribution is 2.28. The van der Waals surface area contributed by atoms with Gasteiger partial charge in [-0.1, -0.05) is 27.5 Å². The first-order valence-corrected chi connectivity index (χ1v) is 5.77. The summed E-state index contributed by atoms with van der Waals surface area (Å²) in [6, 6.07) is 0.0624. The minimum atomic E-state index is -0.442. The first-order valence-electron chi connectivity index (χ1n) is 4.27. The smallest absolute Gasteiger partial charge is 0.306 e. The van der Waals surface area contributed by atoms with E-state index in [1.165, 1.54) is 12.2 Å². The third kappa shape index (κ3) is 2.16. The predicted octanol–water partition coefficient (Wildman–Crippen LogP) is 2.30. The molecule has 0 saturated carbocycles. The van der Waals surface area contributed by atoms with Crippen LogP contribution in [0.1, 0.15) is 0 Å². The Balaban J connectivity index is 0.00000128. The van der Waals surface area contributed by atoms with E-state index < -0.39 is 4.92 Å². The van der Waals surface area contributed by atoms with Crippen molar-refractivity contribution in [2.75, 3.05) is 11.9 Å². The largest absolute Gasteiger partial charge is 0.311 e. The molecule has 16 heavy (non-hydrogen) atoms. The van der Waals surface area contributed by atoms with Crippen LogP contribution in [-0.4, -0.2) is 33.6 Å². The van der Waals surface area contributed by atoms with Crippen molar-refractivity contribution < 1.29 is 4.92 Å². The summed E-state index contributed by atoms with van der Waals surface area (Å²) in [7, 11) is 0. The Bertz CT molecular complexity index is 408. The number of fused-ring (bicyclic) bond motifs is 1. The number of alkyl halides is 1. The maximum Gasteiger partial charge on any atom is 0.311 e. The van der Waals surface area contributed by atoms with Gasteiger partial charge in [0.05, 0.1) is 17.5 Å². The summed E-state index contributed by atoms with van der Waals surface area (Å²) in [5, 5.41) is 11.9. The average molecular weight is 373 g/mol. The number of aliphatic imine (C=N–C) groups is 1. The van der Waals surface area contributed by atoms with Crippen LogP contribution in [0.2, 0.25) is 0 Å². The summed E-state index contributed by atoms with van der Waals surface area (Å²) in [4.78, 5) is 16.1. The van der Waals surface area contributed by atoms with Crippen molar-refractivity contribution in [3.8, 4) is 0 Å². The molecule has 8 heteroatoms. The zero-order chi connectivity index (χ0) is 11.0.